The van der Waals surface area contributed by atoms with Gasteiger partial charge < -0.3 is 9.84 Å². The van der Waals surface area contributed by atoms with Gasteiger partial charge in [0.25, 0.3) is 0 Å². The molecule has 0 amide bonds. The Morgan fingerprint density at radius 1 is 1.41 bits per heavy atom. The Morgan fingerprint density at radius 3 is 2.77 bits per heavy atom. The molecule has 1 aliphatic rings. The summed E-state index contributed by atoms with van der Waals surface area (Å²) in [5, 5.41) is 8.94. The van der Waals surface area contributed by atoms with E-state index in [9.17, 15) is 4.79 Å². The highest BCUT2D eigenvalue weighted by molar-refractivity contribution is 14.2. The molecule has 1 aliphatic heterocycles. The van der Waals surface area contributed by atoms with Gasteiger partial charge in [-0.25, -0.2) is 0 Å². The third-order valence-corrected chi connectivity index (χ3v) is 4.26. The first-order valence-electron chi connectivity index (χ1n) is 6.71. The second kappa shape index (κ2) is 8.41. The molecule has 0 aliphatic carbocycles. The maximum Gasteiger partial charge on any atom is 0.304 e. The summed E-state index contributed by atoms with van der Waals surface area (Å²) >= 11 is -0.0815. The highest BCUT2D eigenvalue weighted by Crippen LogP contribution is 2.22. The number of halogens is 1. The summed E-state index contributed by atoms with van der Waals surface area (Å²) in [7, 11) is 0. The van der Waals surface area contributed by atoms with Crippen LogP contribution in [0.5, 0.6) is 5.75 Å². The molecule has 112 valence electrons. The van der Waals surface area contributed by atoms with E-state index in [0.29, 0.717) is 6.61 Å². The largest absolute Gasteiger partial charge is 0.488 e. The lowest BCUT2D eigenvalue weighted by Gasteiger charge is -2.10. The van der Waals surface area contributed by atoms with Crippen LogP contribution in [0.3, 0.4) is 0 Å². The van der Waals surface area contributed by atoms with Crippen LogP contribution in [0.4, 0.5) is 0 Å². The van der Waals surface area contributed by atoms with E-state index in [2.05, 4.69) is 25.7 Å². The third kappa shape index (κ3) is 5.05. The Hall–Kier alpha value is -2.05. The zero-order valence-electron chi connectivity index (χ0n) is 12.1. The maximum atomic E-state index is 10.9. The second-order valence-electron chi connectivity index (χ2n) is 4.55. The van der Waals surface area contributed by atoms with Crippen LogP contribution in [0, 0.1) is 21.7 Å². The first-order valence-corrected chi connectivity index (χ1v) is 9.04. The molecule has 0 saturated heterocycles. The first-order chi connectivity index (χ1) is 10.7. The summed E-state index contributed by atoms with van der Waals surface area (Å²) in [5.74, 6) is 8.40. The van der Waals surface area contributed by atoms with Crippen molar-refractivity contribution in [3.8, 4) is 27.4 Å². The minimum Gasteiger partial charge on any atom is -0.488 e. The first kappa shape index (κ1) is 16.3. The predicted octanol–water partition coefficient (Wildman–Crippen LogP) is 3.32. The molecule has 4 heteroatoms. The van der Waals surface area contributed by atoms with E-state index in [1.54, 1.807) is 6.92 Å². The molecule has 1 heterocycles. The number of rotatable bonds is 6. The van der Waals surface area contributed by atoms with E-state index >= 15 is 0 Å². The minimum atomic E-state index is -0.852. The lowest BCUT2D eigenvalue weighted by atomic mass is 9.96. The highest BCUT2D eigenvalue weighted by Gasteiger charge is 2.13. The molecule has 0 radical (unpaired) electrons. The van der Waals surface area contributed by atoms with Crippen molar-refractivity contribution in [1.82, 2.24) is 0 Å². The summed E-state index contributed by atoms with van der Waals surface area (Å²) in [4.78, 5) is 10.9. The molecule has 1 N–H and O–H groups in total. The molecule has 1 atom stereocenters. The highest BCUT2D eigenvalue weighted by atomic mass is 127. The normalized spacial score (nSPS) is 13.4. The SMILES string of the molecule is CC#CC(CC(=O)O)c1ccc(OCC2=CC=IC#C2)cc1. The lowest BCUT2D eigenvalue weighted by molar-refractivity contribution is -0.137. The van der Waals surface area contributed by atoms with Gasteiger partial charge in [0, 0.05) is 5.57 Å². The molecule has 3 nitrogen and oxygen atoms in total. The fourth-order valence-electron chi connectivity index (χ4n) is 1.91. The monoisotopic (exact) mass is 406 g/mol. The zero-order valence-corrected chi connectivity index (χ0v) is 14.3. The maximum absolute atomic E-state index is 10.9. The Labute approximate surface area is 140 Å². The Kier molecular flexibility index (Phi) is 6.24. The van der Waals surface area contributed by atoms with Crippen LogP contribution < -0.4 is 4.74 Å². The van der Waals surface area contributed by atoms with Crippen LogP contribution in [0.2, 0.25) is 0 Å². The van der Waals surface area contributed by atoms with Gasteiger partial charge in [0.05, 0.1) is 12.3 Å². The Balaban J connectivity index is 2.01. The standard InChI is InChI=1S/C18H15IO3/c1-2-3-16(12-18(20)21)15-4-6-17(7-5-15)22-13-14-8-10-19-11-9-14/h4-8,10,16H,12-13H2,1H3,(H,20,21). The van der Waals surface area contributed by atoms with Crippen LogP contribution in [0.25, 0.3) is 0 Å². The topological polar surface area (TPSA) is 46.5 Å². The van der Waals surface area contributed by atoms with Crippen molar-refractivity contribution in [3.63, 3.8) is 0 Å². The number of carboxylic acids is 1. The van der Waals surface area contributed by atoms with Gasteiger partial charge in [0.2, 0.25) is 0 Å². The average molecular weight is 406 g/mol. The van der Waals surface area contributed by atoms with Crippen LogP contribution in [-0.2, 0) is 4.79 Å². The summed E-state index contributed by atoms with van der Waals surface area (Å²) in [6.45, 7) is 2.17. The fraction of sp³-hybridized carbons (Fsp3) is 0.222. The van der Waals surface area contributed by atoms with Crippen molar-refractivity contribution in [1.29, 1.82) is 0 Å². The zero-order chi connectivity index (χ0) is 15.8. The van der Waals surface area contributed by atoms with Gasteiger partial charge in [0.1, 0.15) is 12.4 Å². The van der Waals surface area contributed by atoms with E-state index in [4.69, 9.17) is 9.84 Å². The number of benzene rings is 1. The Bertz CT molecular complexity index is 722. The van der Waals surface area contributed by atoms with E-state index in [0.717, 1.165) is 16.9 Å². The number of ether oxygens (including phenoxy) is 1. The van der Waals surface area contributed by atoms with Gasteiger partial charge in [-0.2, -0.15) is 0 Å². The number of allylic oxidation sites excluding steroid dienone is 1. The quantitative estimate of drug-likeness (QED) is 0.583. The summed E-state index contributed by atoms with van der Waals surface area (Å²) in [6, 6.07) is 7.42. The van der Waals surface area contributed by atoms with Crippen LogP contribution in [0.15, 0.2) is 35.9 Å². The molecular weight excluding hydrogens is 391 g/mol. The van der Waals surface area contributed by atoms with E-state index < -0.39 is 5.97 Å². The van der Waals surface area contributed by atoms with E-state index in [1.165, 1.54) is 0 Å². The summed E-state index contributed by atoms with van der Waals surface area (Å²) in [6.07, 6.45) is 2.03. The number of carbonyl (C=O) groups is 1. The van der Waals surface area contributed by atoms with Crippen LogP contribution in [-0.4, -0.2) is 21.7 Å². The van der Waals surface area contributed by atoms with Crippen LogP contribution >= 0.6 is 20.7 Å². The molecule has 1 unspecified atom stereocenters. The average Bonchev–Trinajstić information content (AvgIpc) is 2.54. The molecule has 0 spiro atoms. The molecule has 0 bridgehead atoms. The van der Waals surface area contributed by atoms with Gasteiger partial charge in [-0.3, -0.25) is 4.79 Å². The Morgan fingerprint density at radius 2 is 2.18 bits per heavy atom. The fourth-order valence-corrected chi connectivity index (χ4v) is 3.21. The van der Waals surface area contributed by atoms with E-state index in [1.807, 2.05) is 30.3 Å². The van der Waals surface area contributed by atoms with Gasteiger partial charge in [0.15, 0.2) is 0 Å². The van der Waals surface area contributed by atoms with Crippen molar-refractivity contribution >= 4 is 30.7 Å². The molecule has 1 aromatic carbocycles. The summed E-state index contributed by atoms with van der Waals surface area (Å²) < 4.78 is 10.9. The van der Waals surface area contributed by atoms with Gasteiger partial charge in [-0.05, 0) is 59.4 Å². The molecule has 22 heavy (non-hydrogen) atoms. The minimum absolute atomic E-state index is 0.00241. The van der Waals surface area contributed by atoms with Crippen molar-refractivity contribution < 1.29 is 14.6 Å². The molecule has 1 aromatic rings. The second-order valence-corrected chi connectivity index (χ2v) is 6.43. The van der Waals surface area contributed by atoms with Crippen molar-refractivity contribution in [2.75, 3.05) is 6.61 Å². The molecule has 0 fully saturated rings. The van der Waals surface area contributed by atoms with E-state index in [-0.39, 0.29) is 33.1 Å². The lowest BCUT2D eigenvalue weighted by Crippen LogP contribution is -2.05. The third-order valence-electron chi connectivity index (χ3n) is 2.96. The molecule has 2 rings (SSSR count). The molecule has 0 aromatic heterocycles. The van der Waals surface area contributed by atoms with Crippen LogP contribution in [0.1, 0.15) is 24.8 Å². The van der Waals surface area contributed by atoms with Gasteiger partial charge in [-0.15, -0.1) is 5.92 Å². The van der Waals surface area contributed by atoms with Crippen molar-refractivity contribution in [2.45, 2.75) is 19.3 Å². The van der Waals surface area contributed by atoms with Gasteiger partial charge >= 0.3 is 5.97 Å². The van der Waals surface area contributed by atoms with Gasteiger partial charge in [-0.1, -0.05) is 24.0 Å². The number of aliphatic carboxylic acids is 1. The molecular formula is C18H15IO3. The van der Waals surface area contributed by atoms with Crippen molar-refractivity contribution in [2.24, 2.45) is 0 Å². The summed E-state index contributed by atoms with van der Waals surface area (Å²) in [5.41, 5.74) is 1.87. The number of hydrogen-bond acceptors (Lipinski definition) is 2. The predicted molar refractivity (Wildman–Crippen MR) is 96.3 cm³/mol. The number of hydrogen-bond donors (Lipinski definition) is 1. The molecule has 0 saturated carbocycles. The number of carboxylic acid groups (broad SMARTS) is 1. The smallest absolute Gasteiger partial charge is 0.304 e. The van der Waals surface area contributed by atoms with Crippen molar-refractivity contribution in [3.05, 3.63) is 41.5 Å².